The van der Waals surface area contributed by atoms with Crippen molar-refractivity contribution in [3.8, 4) is 17.1 Å². The monoisotopic (exact) mass is 477 g/mol. The van der Waals surface area contributed by atoms with Gasteiger partial charge in [-0.15, -0.1) is 0 Å². The van der Waals surface area contributed by atoms with Crippen molar-refractivity contribution in [3.05, 3.63) is 60.6 Å². The summed E-state index contributed by atoms with van der Waals surface area (Å²) < 4.78 is 39.4. The lowest BCUT2D eigenvalue weighted by Gasteiger charge is -2.44. The Kier molecular flexibility index (Phi) is 4.82. The molecule has 2 atom stereocenters. The van der Waals surface area contributed by atoms with Crippen molar-refractivity contribution >= 4 is 26.9 Å². The Morgan fingerprint density at radius 3 is 2.68 bits per heavy atom. The zero-order chi connectivity index (χ0) is 23.4. The van der Waals surface area contributed by atoms with E-state index in [2.05, 4.69) is 21.8 Å². The van der Waals surface area contributed by atoms with Crippen LogP contribution in [0.25, 0.3) is 22.4 Å². The maximum absolute atomic E-state index is 13.3. The molecule has 0 saturated carbocycles. The molecule has 0 spiro atoms. The van der Waals surface area contributed by atoms with E-state index in [-0.39, 0.29) is 17.0 Å². The smallest absolute Gasteiger partial charge is 0.269 e. The summed E-state index contributed by atoms with van der Waals surface area (Å²) in [5.74, 6) is 1.85. The number of hydrogen-bond acceptors (Lipinski definition) is 8. The molecule has 0 bridgehead atoms. The normalized spacial score (nSPS) is 20.0. The minimum atomic E-state index is -3.80. The standard InChI is InChI=1S/C24H23N5O4S/c1-15-3-5-18(6-4-15)34(30,31)28-10-8-20-19(7-9-25-23(20)28)22-26-11-21-24(27-22)29-16(2)12-32-13-17(29)14-33-21/h3-11,16-17H,12-14H2,1-2H3. The van der Waals surface area contributed by atoms with E-state index < -0.39 is 10.0 Å². The van der Waals surface area contributed by atoms with Gasteiger partial charge in [0, 0.05) is 23.3 Å². The summed E-state index contributed by atoms with van der Waals surface area (Å²) in [4.78, 5) is 16.2. The van der Waals surface area contributed by atoms with Gasteiger partial charge in [0.25, 0.3) is 10.0 Å². The van der Waals surface area contributed by atoms with Crippen LogP contribution in [0.15, 0.2) is 59.9 Å². The molecule has 2 unspecified atom stereocenters. The van der Waals surface area contributed by atoms with Gasteiger partial charge >= 0.3 is 0 Å². The molecule has 3 aromatic heterocycles. The molecule has 5 heterocycles. The molecule has 174 valence electrons. The van der Waals surface area contributed by atoms with E-state index in [1.165, 1.54) is 10.2 Å². The highest BCUT2D eigenvalue weighted by molar-refractivity contribution is 7.90. The highest BCUT2D eigenvalue weighted by Crippen LogP contribution is 2.37. The van der Waals surface area contributed by atoms with E-state index in [9.17, 15) is 8.42 Å². The third-order valence-corrected chi connectivity index (χ3v) is 8.00. The highest BCUT2D eigenvalue weighted by Gasteiger charge is 2.36. The minimum absolute atomic E-state index is 0.0946. The van der Waals surface area contributed by atoms with Gasteiger partial charge in [0.15, 0.2) is 23.0 Å². The summed E-state index contributed by atoms with van der Waals surface area (Å²) in [5.41, 5.74) is 2.02. The third kappa shape index (κ3) is 3.24. The molecular formula is C24H23N5O4S. The first-order chi connectivity index (χ1) is 16.4. The van der Waals surface area contributed by atoms with E-state index in [0.29, 0.717) is 48.0 Å². The van der Waals surface area contributed by atoms with Crippen LogP contribution in [0.3, 0.4) is 0 Å². The van der Waals surface area contributed by atoms with Gasteiger partial charge in [-0.1, -0.05) is 17.7 Å². The summed E-state index contributed by atoms with van der Waals surface area (Å²) in [6, 6.07) is 10.6. The van der Waals surface area contributed by atoms with E-state index in [0.717, 1.165) is 11.4 Å². The molecule has 2 aliphatic rings. The fourth-order valence-electron chi connectivity index (χ4n) is 4.60. The lowest BCUT2D eigenvalue weighted by atomic mass is 10.1. The Labute approximate surface area is 197 Å². The highest BCUT2D eigenvalue weighted by atomic mass is 32.2. The van der Waals surface area contributed by atoms with E-state index in [1.54, 1.807) is 48.8 Å². The van der Waals surface area contributed by atoms with Gasteiger partial charge in [0.2, 0.25) is 0 Å². The third-order valence-electron chi connectivity index (χ3n) is 6.32. The molecule has 2 aliphatic heterocycles. The molecule has 10 heteroatoms. The van der Waals surface area contributed by atoms with Crippen LogP contribution in [0.5, 0.6) is 5.75 Å². The number of morpholine rings is 1. The Bertz CT molecular complexity index is 1500. The van der Waals surface area contributed by atoms with Crippen molar-refractivity contribution in [2.24, 2.45) is 0 Å². The predicted octanol–water partition coefficient (Wildman–Crippen LogP) is 3.02. The summed E-state index contributed by atoms with van der Waals surface area (Å²) in [6.45, 7) is 5.75. The summed E-state index contributed by atoms with van der Waals surface area (Å²) in [5, 5.41) is 0.654. The maximum Gasteiger partial charge on any atom is 0.269 e. The number of benzene rings is 1. The van der Waals surface area contributed by atoms with Crippen LogP contribution in [0, 0.1) is 6.92 Å². The molecule has 0 amide bonds. The van der Waals surface area contributed by atoms with E-state index in [1.807, 2.05) is 6.92 Å². The number of fused-ring (bicyclic) bond motifs is 4. The van der Waals surface area contributed by atoms with Crippen molar-refractivity contribution in [2.75, 3.05) is 24.7 Å². The number of anilines is 1. The van der Waals surface area contributed by atoms with Crippen LogP contribution in [0.1, 0.15) is 12.5 Å². The first kappa shape index (κ1) is 21.1. The Morgan fingerprint density at radius 1 is 1.03 bits per heavy atom. The molecule has 34 heavy (non-hydrogen) atoms. The fraction of sp³-hybridized carbons (Fsp3) is 0.292. The molecule has 9 nitrogen and oxygen atoms in total. The second-order valence-electron chi connectivity index (χ2n) is 8.67. The Morgan fingerprint density at radius 2 is 1.85 bits per heavy atom. The number of aryl methyl sites for hydroxylation is 1. The topological polar surface area (TPSA) is 99.4 Å². The van der Waals surface area contributed by atoms with Gasteiger partial charge in [-0.25, -0.2) is 27.3 Å². The predicted molar refractivity (Wildman–Crippen MR) is 127 cm³/mol. The number of ether oxygens (including phenoxy) is 2. The van der Waals surface area contributed by atoms with E-state index >= 15 is 0 Å². The van der Waals surface area contributed by atoms with Gasteiger partial charge in [-0.3, -0.25) is 0 Å². The van der Waals surface area contributed by atoms with Crippen LogP contribution in [0.4, 0.5) is 5.82 Å². The van der Waals surface area contributed by atoms with Crippen LogP contribution in [-0.2, 0) is 14.8 Å². The maximum atomic E-state index is 13.3. The van der Waals surface area contributed by atoms with Crippen LogP contribution in [-0.4, -0.2) is 59.2 Å². The summed E-state index contributed by atoms with van der Waals surface area (Å²) >= 11 is 0. The van der Waals surface area contributed by atoms with Gasteiger partial charge in [0.1, 0.15) is 6.61 Å². The number of rotatable bonds is 3. The second kappa shape index (κ2) is 7.78. The molecule has 4 aromatic rings. The Hall–Kier alpha value is -3.50. The zero-order valence-electron chi connectivity index (χ0n) is 18.7. The molecule has 1 saturated heterocycles. The summed E-state index contributed by atoms with van der Waals surface area (Å²) in [6.07, 6.45) is 4.79. The fourth-order valence-corrected chi connectivity index (χ4v) is 5.90. The average molecular weight is 478 g/mol. The van der Waals surface area contributed by atoms with Gasteiger partial charge in [-0.05, 0) is 38.1 Å². The largest absolute Gasteiger partial charge is 0.486 e. The molecule has 6 rings (SSSR count). The van der Waals surface area contributed by atoms with Gasteiger partial charge in [-0.2, -0.15) is 0 Å². The number of pyridine rings is 1. The Balaban J connectivity index is 1.46. The minimum Gasteiger partial charge on any atom is -0.486 e. The van der Waals surface area contributed by atoms with Gasteiger partial charge in [0.05, 0.1) is 36.4 Å². The van der Waals surface area contributed by atoms with Crippen LogP contribution < -0.4 is 9.64 Å². The number of aromatic nitrogens is 4. The molecule has 1 fully saturated rings. The lowest BCUT2D eigenvalue weighted by molar-refractivity contribution is 0.0486. The molecule has 1 aromatic carbocycles. The van der Waals surface area contributed by atoms with Crippen molar-refractivity contribution in [1.82, 2.24) is 18.9 Å². The van der Waals surface area contributed by atoms with E-state index in [4.69, 9.17) is 14.5 Å². The van der Waals surface area contributed by atoms with Crippen LogP contribution in [0.2, 0.25) is 0 Å². The van der Waals surface area contributed by atoms with Crippen molar-refractivity contribution in [3.63, 3.8) is 0 Å². The molecule has 0 aliphatic carbocycles. The van der Waals surface area contributed by atoms with Crippen LogP contribution >= 0.6 is 0 Å². The quantitative estimate of drug-likeness (QED) is 0.444. The molecule has 0 radical (unpaired) electrons. The second-order valence-corrected chi connectivity index (χ2v) is 10.5. The van der Waals surface area contributed by atoms with Crippen molar-refractivity contribution < 1.29 is 17.9 Å². The lowest BCUT2D eigenvalue weighted by Crippen LogP contribution is -2.56. The zero-order valence-corrected chi connectivity index (χ0v) is 19.6. The summed E-state index contributed by atoms with van der Waals surface area (Å²) in [7, 11) is -3.80. The number of nitrogens with zero attached hydrogens (tertiary/aromatic N) is 5. The number of hydrogen-bond donors (Lipinski definition) is 0. The van der Waals surface area contributed by atoms with Crippen molar-refractivity contribution in [1.29, 1.82) is 0 Å². The van der Waals surface area contributed by atoms with Gasteiger partial charge < -0.3 is 14.4 Å². The molecular weight excluding hydrogens is 454 g/mol. The SMILES string of the molecule is Cc1ccc(S(=O)(=O)n2ccc3c(-c4ncc5c(n4)N4C(C)COCC4CO5)ccnc32)cc1. The first-order valence-electron chi connectivity index (χ1n) is 11.1. The first-order valence-corrected chi connectivity index (χ1v) is 12.5. The average Bonchev–Trinajstić information content (AvgIpc) is 3.29. The molecule has 0 N–H and O–H groups in total. The van der Waals surface area contributed by atoms with Crippen molar-refractivity contribution in [2.45, 2.75) is 30.8 Å².